The van der Waals surface area contributed by atoms with E-state index in [2.05, 4.69) is 62.7 Å². The van der Waals surface area contributed by atoms with Gasteiger partial charge >= 0.3 is 0 Å². The van der Waals surface area contributed by atoms with Gasteiger partial charge in [0.15, 0.2) is 0 Å². The molecule has 1 aromatic rings. The minimum atomic E-state index is 0.399. The quantitative estimate of drug-likeness (QED) is 0.592. The first-order chi connectivity index (χ1) is 9.04. The van der Waals surface area contributed by atoms with Crippen LogP contribution in [0, 0.1) is 0 Å². The Hall–Kier alpha value is -1.76. The molecule has 0 saturated heterocycles. The molecule has 0 unspecified atom stereocenters. The number of para-hydroxylation sites is 1. The molecule has 0 spiro atoms. The van der Waals surface area contributed by atoms with E-state index in [4.69, 9.17) is 0 Å². The third-order valence-electron chi connectivity index (χ3n) is 3.02. The van der Waals surface area contributed by atoms with Crippen LogP contribution in [-0.2, 0) is 0 Å². The summed E-state index contributed by atoms with van der Waals surface area (Å²) in [5.41, 5.74) is 3.64. The molecule has 1 aromatic carbocycles. The van der Waals surface area contributed by atoms with E-state index in [1.54, 1.807) is 0 Å². The van der Waals surface area contributed by atoms with Crippen LogP contribution in [0.1, 0.15) is 26.7 Å². The Morgan fingerprint density at radius 2 is 1.63 bits per heavy atom. The summed E-state index contributed by atoms with van der Waals surface area (Å²) in [5, 5.41) is 0. The lowest BCUT2D eigenvalue weighted by Gasteiger charge is -2.33. The number of nitrogens with zero attached hydrogens (tertiary/aromatic N) is 1. The number of hydrogen-bond acceptors (Lipinski definition) is 1. The van der Waals surface area contributed by atoms with E-state index < -0.39 is 0 Å². The number of benzene rings is 1. The molecule has 1 heteroatoms. The summed E-state index contributed by atoms with van der Waals surface area (Å²) in [4.78, 5) is 2.39. The van der Waals surface area contributed by atoms with Crippen LogP contribution in [-0.4, -0.2) is 12.6 Å². The highest BCUT2D eigenvalue weighted by Gasteiger charge is 2.18. The molecular weight excluding hydrogens is 230 g/mol. The van der Waals surface area contributed by atoms with Gasteiger partial charge in [-0.3, -0.25) is 0 Å². The second-order valence-corrected chi connectivity index (χ2v) is 5.25. The van der Waals surface area contributed by atoms with Gasteiger partial charge in [-0.2, -0.15) is 0 Å². The van der Waals surface area contributed by atoms with Crippen molar-refractivity contribution in [3.8, 4) is 0 Å². The molecule has 0 bridgehead atoms. The van der Waals surface area contributed by atoms with Crippen LogP contribution in [0.5, 0.6) is 0 Å². The summed E-state index contributed by atoms with van der Waals surface area (Å²) in [5.74, 6) is 0. The maximum atomic E-state index is 4.06. The van der Waals surface area contributed by atoms with E-state index in [1.165, 1.54) is 16.8 Å². The molecule has 0 aliphatic heterocycles. The fraction of sp³-hybridized carbons (Fsp3) is 0.333. The predicted octanol–water partition coefficient (Wildman–Crippen LogP) is 4.98. The van der Waals surface area contributed by atoms with Crippen LogP contribution >= 0.6 is 0 Å². The number of hydrogen-bond donors (Lipinski definition) is 0. The van der Waals surface area contributed by atoms with Crippen LogP contribution in [0.3, 0.4) is 0 Å². The zero-order chi connectivity index (χ0) is 14.3. The van der Waals surface area contributed by atoms with Gasteiger partial charge in [0.1, 0.15) is 0 Å². The van der Waals surface area contributed by atoms with Gasteiger partial charge in [-0.05, 0) is 38.8 Å². The Labute approximate surface area is 118 Å². The average Bonchev–Trinajstić information content (AvgIpc) is 2.35. The Bertz CT molecular complexity index is 414. The number of anilines is 1. The fourth-order valence-corrected chi connectivity index (χ4v) is 2.32. The van der Waals surface area contributed by atoms with E-state index >= 15 is 0 Å². The Kier molecular flexibility index (Phi) is 6.14. The SMILES string of the molecule is C=CCN(c1ccccc1)C(CC(=C)C)CC(=C)C. The Morgan fingerprint density at radius 1 is 1.11 bits per heavy atom. The minimum Gasteiger partial charge on any atom is -0.364 e. The Balaban J connectivity index is 3.00. The second kappa shape index (κ2) is 7.63. The van der Waals surface area contributed by atoms with E-state index in [1.807, 2.05) is 12.1 Å². The van der Waals surface area contributed by atoms with Gasteiger partial charge in [0, 0.05) is 18.3 Å². The fourth-order valence-electron chi connectivity index (χ4n) is 2.32. The molecule has 1 rings (SSSR count). The highest BCUT2D eigenvalue weighted by atomic mass is 15.2. The van der Waals surface area contributed by atoms with Crippen molar-refractivity contribution >= 4 is 5.69 Å². The van der Waals surface area contributed by atoms with Crippen molar-refractivity contribution < 1.29 is 0 Å². The lowest BCUT2D eigenvalue weighted by atomic mass is 9.99. The van der Waals surface area contributed by atoms with Crippen LogP contribution in [0.4, 0.5) is 5.69 Å². The van der Waals surface area contributed by atoms with Crippen molar-refractivity contribution in [1.29, 1.82) is 0 Å². The van der Waals surface area contributed by atoms with Crippen LogP contribution < -0.4 is 4.90 Å². The van der Waals surface area contributed by atoms with Crippen molar-refractivity contribution in [2.24, 2.45) is 0 Å². The van der Waals surface area contributed by atoms with Crippen molar-refractivity contribution in [3.63, 3.8) is 0 Å². The van der Waals surface area contributed by atoms with Gasteiger partial charge in [0.25, 0.3) is 0 Å². The molecule has 0 radical (unpaired) electrons. The molecule has 0 aliphatic carbocycles. The van der Waals surface area contributed by atoms with E-state index in [-0.39, 0.29) is 0 Å². The molecule has 0 heterocycles. The van der Waals surface area contributed by atoms with Crippen molar-refractivity contribution in [1.82, 2.24) is 0 Å². The zero-order valence-electron chi connectivity index (χ0n) is 12.2. The predicted molar refractivity (Wildman–Crippen MR) is 86.6 cm³/mol. The van der Waals surface area contributed by atoms with Gasteiger partial charge in [0.05, 0.1) is 0 Å². The van der Waals surface area contributed by atoms with Crippen LogP contribution in [0.2, 0.25) is 0 Å². The van der Waals surface area contributed by atoms with Crippen LogP contribution in [0.25, 0.3) is 0 Å². The smallest absolute Gasteiger partial charge is 0.0371 e. The minimum absolute atomic E-state index is 0.399. The van der Waals surface area contributed by atoms with Crippen molar-refractivity contribution in [3.05, 3.63) is 67.3 Å². The maximum Gasteiger partial charge on any atom is 0.0371 e. The van der Waals surface area contributed by atoms with Gasteiger partial charge in [-0.15, -0.1) is 19.7 Å². The summed E-state index contributed by atoms with van der Waals surface area (Å²) in [6.45, 7) is 17.0. The standard InChI is InChI=1S/C18H25N/c1-6-12-19(17-10-8-7-9-11-17)18(13-15(2)3)14-16(4)5/h6-11,18H,1-2,4,12-14H2,3,5H3. The van der Waals surface area contributed by atoms with Crippen LogP contribution in [0.15, 0.2) is 67.3 Å². The molecular formula is C18H25N. The molecule has 0 N–H and O–H groups in total. The highest BCUT2D eigenvalue weighted by Crippen LogP contribution is 2.24. The summed E-state index contributed by atoms with van der Waals surface area (Å²) < 4.78 is 0. The lowest BCUT2D eigenvalue weighted by Crippen LogP contribution is -2.36. The van der Waals surface area contributed by atoms with E-state index in [9.17, 15) is 0 Å². The maximum absolute atomic E-state index is 4.06. The van der Waals surface area contributed by atoms with Gasteiger partial charge in [-0.25, -0.2) is 0 Å². The first-order valence-electron chi connectivity index (χ1n) is 6.76. The second-order valence-electron chi connectivity index (χ2n) is 5.25. The molecule has 0 aliphatic rings. The van der Waals surface area contributed by atoms with Gasteiger partial charge in [0.2, 0.25) is 0 Å². The van der Waals surface area contributed by atoms with E-state index in [0.717, 1.165) is 19.4 Å². The van der Waals surface area contributed by atoms with Crippen molar-refractivity contribution in [2.45, 2.75) is 32.7 Å². The summed E-state index contributed by atoms with van der Waals surface area (Å²) in [6.07, 6.45) is 3.92. The van der Waals surface area contributed by atoms with E-state index in [0.29, 0.717) is 6.04 Å². The Morgan fingerprint density at radius 3 is 2.05 bits per heavy atom. The summed E-state index contributed by atoms with van der Waals surface area (Å²) >= 11 is 0. The molecule has 0 aromatic heterocycles. The molecule has 19 heavy (non-hydrogen) atoms. The molecule has 0 fully saturated rings. The molecule has 102 valence electrons. The molecule has 1 nitrogen and oxygen atoms in total. The monoisotopic (exact) mass is 255 g/mol. The summed E-state index contributed by atoms with van der Waals surface area (Å²) in [6, 6.07) is 10.9. The third kappa shape index (κ3) is 5.17. The molecule has 0 amide bonds. The highest BCUT2D eigenvalue weighted by molar-refractivity contribution is 5.48. The summed E-state index contributed by atoms with van der Waals surface area (Å²) in [7, 11) is 0. The molecule has 0 atom stereocenters. The zero-order valence-corrected chi connectivity index (χ0v) is 12.2. The normalized spacial score (nSPS) is 10.3. The molecule has 0 saturated carbocycles. The van der Waals surface area contributed by atoms with Gasteiger partial charge < -0.3 is 4.90 Å². The lowest BCUT2D eigenvalue weighted by molar-refractivity contribution is 0.599. The average molecular weight is 255 g/mol. The topological polar surface area (TPSA) is 3.24 Å². The first-order valence-corrected chi connectivity index (χ1v) is 6.76. The third-order valence-corrected chi connectivity index (χ3v) is 3.02. The first kappa shape index (κ1) is 15.3. The number of rotatable bonds is 8. The van der Waals surface area contributed by atoms with Crippen molar-refractivity contribution in [2.75, 3.05) is 11.4 Å². The van der Waals surface area contributed by atoms with Gasteiger partial charge in [-0.1, -0.05) is 35.4 Å². The largest absolute Gasteiger partial charge is 0.364 e.